The van der Waals surface area contributed by atoms with Crippen molar-refractivity contribution in [1.82, 2.24) is 4.37 Å². The van der Waals surface area contributed by atoms with E-state index in [1.165, 1.54) is 12.1 Å². The molecule has 0 aliphatic heterocycles. The minimum absolute atomic E-state index is 0.00391. The average Bonchev–Trinajstić information content (AvgIpc) is 2.95. The summed E-state index contributed by atoms with van der Waals surface area (Å²) in [4.78, 5) is 34.0. The number of amides is 1. The molecule has 0 spiro atoms. The maximum absolute atomic E-state index is 12.1. The van der Waals surface area contributed by atoms with Gasteiger partial charge in [-0.05, 0) is 24.5 Å². The lowest BCUT2D eigenvalue weighted by Crippen LogP contribution is -2.21. The Hall–Kier alpha value is -2.72. The highest BCUT2D eigenvalue weighted by Gasteiger charge is 2.20. The number of carbonyl (C=O) groups is 2. The zero-order chi connectivity index (χ0) is 18.6. The lowest BCUT2D eigenvalue weighted by Gasteiger charge is -2.08. The number of esters is 1. The van der Waals surface area contributed by atoms with E-state index in [2.05, 4.69) is 15.0 Å². The van der Waals surface area contributed by atoms with Crippen LogP contribution in [0.2, 0.25) is 5.02 Å². The molecule has 0 fully saturated rings. The van der Waals surface area contributed by atoms with Crippen LogP contribution in [0.3, 0.4) is 0 Å². The van der Waals surface area contributed by atoms with Crippen molar-refractivity contribution < 1.29 is 19.2 Å². The zero-order valence-electron chi connectivity index (χ0n) is 13.2. The predicted molar refractivity (Wildman–Crippen MR) is 93.4 cm³/mol. The molecule has 1 aromatic carbocycles. The van der Waals surface area contributed by atoms with Crippen LogP contribution >= 0.6 is 23.1 Å². The van der Waals surface area contributed by atoms with Crippen molar-refractivity contribution >= 4 is 51.4 Å². The number of nitrogens with one attached hydrogen (secondary N) is 2. The van der Waals surface area contributed by atoms with E-state index < -0.39 is 23.4 Å². The highest BCUT2D eigenvalue weighted by Crippen LogP contribution is 2.27. The molecule has 2 rings (SSSR count). The lowest BCUT2D eigenvalue weighted by molar-refractivity contribution is -0.384. The summed E-state index contributed by atoms with van der Waals surface area (Å²) in [5.41, 5.74) is 0.749. The number of carbonyl (C=O) groups excluding carboxylic acids is 2. The number of nitro benzene ring substituents is 1. The normalized spacial score (nSPS) is 10.2. The Morgan fingerprint density at radius 1 is 1.44 bits per heavy atom. The van der Waals surface area contributed by atoms with Crippen LogP contribution in [0.5, 0.6) is 0 Å². The molecule has 0 radical (unpaired) electrons. The molecular weight excluding hydrogens is 372 g/mol. The Balaban J connectivity index is 1.98. The SMILES string of the molecule is CNc1snc(C)c1C(=O)OCC(=O)Nc1ccc([N+](=O)[O-])cc1Cl. The summed E-state index contributed by atoms with van der Waals surface area (Å²) in [6.07, 6.45) is 0. The molecule has 11 heteroatoms. The molecule has 0 saturated carbocycles. The van der Waals surface area contributed by atoms with Crippen LogP contribution in [-0.4, -0.2) is 34.8 Å². The van der Waals surface area contributed by atoms with Gasteiger partial charge in [-0.3, -0.25) is 14.9 Å². The largest absolute Gasteiger partial charge is 0.452 e. The number of aryl methyl sites for hydroxylation is 1. The first kappa shape index (κ1) is 18.6. The van der Waals surface area contributed by atoms with Crippen molar-refractivity contribution in [2.24, 2.45) is 0 Å². The summed E-state index contributed by atoms with van der Waals surface area (Å²) in [5, 5.41) is 16.4. The first-order chi connectivity index (χ1) is 11.8. The molecular formula is C14H13ClN4O5S. The van der Waals surface area contributed by atoms with Gasteiger partial charge >= 0.3 is 5.97 Å². The van der Waals surface area contributed by atoms with Crippen molar-refractivity contribution in [2.45, 2.75) is 6.92 Å². The van der Waals surface area contributed by atoms with Crippen molar-refractivity contribution in [3.63, 3.8) is 0 Å². The maximum atomic E-state index is 12.1. The van der Waals surface area contributed by atoms with Crippen LogP contribution in [0, 0.1) is 17.0 Å². The molecule has 0 bridgehead atoms. The first-order valence-electron chi connectivity index (χ1n) is 6.88. The quantitative estimate of drug-likeness (QED) is 0.445. The van der Waals surface area contributed by atoms with Gasteiger partial charge in [0, 0.05) is 19.2 Å². The Kier molecular flexibility index (Phi) is 5.88. The molecule has 2 aromatic rings. The van der Waals surface area contributed by atoms with Crippen molar-refractivity contribution in [3.8, 4) is 0 Å². The van der Waals surface area contributed by atoms with Crippen LogP contribution in [0.15, 0.2) is 18.2 Å². The number of aromatic nitrogens is 1. The van der Waals surface area contributed by atoms with E-state index in [4.69, 9.17) is 16.3 Å². The van der Waals surface area contributed by atoms with Crippen LogP contribution in [0.4, 0.5) is 16.4 Å². The van der Waals surface area contributed by atoms with E-state index >= 15 is 0 Å². The monoisotopic (exact) mass is 384 g/mol. The second-order valence-electron chi connectivity index (χ2n) is 4.77. The number of nitrogens with zero attached hydrogens (tertiary/aromatic N) is 2. The molecule has 2 N–H and O–H groups in total. The Morgan fingerprint density at radius 3 is 2.76 bits per heavy atom. The summed E-state index contributed by atoms with van der Waals surface area (Å²) >= 11 is 6.99. The molecule has 25 heavy (non-hydrogen) atoms. The fraction of sp³-hybridized carbons (Fsp3) is 0.214. The van der Waals surface area contributed by atoms with Gasteiger partial charge in [-0.1, -0.05) is 11.6 Å². The van der Waals surface area contributed by atoms with E-state index in [1.807, 2.05) is 0 Å². The van der Waals surface area contributed by atoms with Gasteiger partial charge in [-0.25, -0.2) is 4.79 Å². The molecule has 0 saturated heterocycles. The van der Waals surface area contributed by atoms with Gasteiger partial charge in [-0.15, -0.1) is 0 Å². The van der Waals surface area contributed by atoms with Gasteiger partial charge in [-0.2, -0.15) is 4.37 Å². The molecule has 1 aromatic heterocycles. The lowest BCUT2D eigenvalue weighted by atomic mass is 10.2. The molecule has 0 aliphatic carbocycles. The second-order valence-corrected chi connectivity index (χ2v) is 5.95. The Labute approximate surface area is 151 Å². The Bertz CT molecular complexity index is 839. The highest BCUT2D eigenvalue weighted by atomic mass is 35.5. The van der Waals surface area contributed by atoms with E-state index in [0.717, 1.165) is 17.6 Å². The summed E-state index contributed by atoms with van der Waals surface area (Å²) < 4.78 is 9.01. The standard InChI is InChI=1S/C14H13ClN4O5S/c1-7-12(13(16-2)25-18-7)14(21)24-6-11(20)17-10-4-3-8(19(22)23)5-9(10)15/h3-5,16H,6H2,1-2H3,(H,17,20). The number of rotatable bonds is 6. The van der Waals surface area contributed by atoms with Crippen LogP contribution < -0.4 is 10.6 Å². The number of hydrogen-bond acceptors (Lipinski definition) is 8. The number of nitro groups is 1. The summed E-state index contributed by atoms with van der Waals surface area (Å²) in [5.74, 6) is -1.31. The van der Waals surface area contributed by atoms with Crippen molar-refractivity contribution in [2.75, 3.05) is 24.3 Å². The summed E-state index contributed by atoms with van der Waals surface area (Å²) in [6, 6.07) is 3.61. The highest BCUT2D eigenvalue weighted by molar-refractivity contribution is 7.10. The molecule has 1 amide bonds. The minimum Gasteiger partial charge on any atom is -0.452 e. The predicted octanol–water partition coefficient (Wildman–Crippen LogP) is 2.85. The molecule has 0 atom stereocenters. The van der Waals surface area contributed by atoms with E-state index in [0.29, 0.717) is 10.7 Å². The number of non-ortho nitro benzene ring substituents is 1. The van der Waals surface area contributed by atoms with Gasteiger partial charge < -0.3 is 15.4 Å². The zero-order valence-corrected chi connectivity index (χ0v) is 14.7. The van der Waals surface area contributed by atoms with Crippen molar-refractivity contribution in [3.05, 3.63) is 44.6 Å². The first-order valence-corrected chi connectivity index (χ1v) is 8.03. The van der Waals surface area contributed by atoms with Gasteiger partial charge in [0.1, 0.15) is 10.6 Å². The fourth-order valence-corrected chi connectivity index (χ4v) is 2.84. The van der Waals surface area contributed by atoms with Crippen LogP contribution in [0.1, 0.15) is 16.1 Å². The molecule has 0 aliphatic rings. The number of benzene rings is 1. The van der Waals surface area contributed by atoms with E-state index in [-0.39, 0.29) is 22.0 Å². The van der Waals surface area contributed by atoms with E-state index in [1.54, 1.807) is 14.0 Å². The molecule has 0 unspecified atom stereocenters. The number of hydrogen-bond donors (Lipinski definition) is 2. The third-order valence-corrected chi connectivity index (χ3v) is 4.33. The minimum atomic E-state index is -0.680. The van der Waals surface area contributed by atoms with Gasteiger partial charge in [0.2, 0.25) is 0 Å². The number of ether oxygens (including phenoxy) is 1. The molecule has 1 heterocycles. The van der Waals surface area contributed by atoms with Gasteiger partial charge in [0.25, 0.3) is 11.6 Å². The molecule has 9 nitrogen and oxygen atoms in total. The third kappa shape index (κ3) is 4.43. The number of halogens is 1. The second kappa shape index (κ2) is 7.90. The topological polar surface area (TPSA) is 123 Å². The summed E-state index contributed by atoms with van der Waals surface area (Å²) in [7, 11) is 1.65. The van der Waals surface area contributed by atoms with Crippen molar-refractivity contribution in [1.29, 1.82) is 0 Å². The maximum Gasteiger partial charge on any atom is 0.343 e. The van der Waals surface area contributed by atoms with Crippen LogP contribution in [-0.2, 0) is 9.53 Å². The Morgan fingerprint density at radius 2 is 2.16 bits per heavy atom. The average molecular weight is 385 g/mol. The fourth-order valence-electron chi connectivity index (χ4n) is 1.89. The van der Waals surface area contributed by atoms with Gasteiger partial charge in [0.15, 0.2) is 6.61 Å². The molecule has 132 valence electrons. The number of anilines is 2. The van der Waals surface area contributed by atoms with Crippen LogP contribution in [0.25, 0.3) is 0 Å². The smallest absolute Gasteiger partial charge is 0.343 e. The van der Waals surface area contributed by atoms with Gasteiger partial charge in [0.05, 0.1) is 21.3 Å². The van der Waals surface area contributed by atoms with E-state index in [9.17, 15) is 19.7 Å². The summed E-state index contributed by atoms with van der Waals surface area (Å²) in [6.45, 7) is 1.12. The third-order valence-electron chi connectivity index (χ3n) is 3.07.